The predicted molar refractivity (Wildman–Crippen MR) is 101 cm³/mol. The fraction of sp³-hybridized carbons (Fsp3) is 0.190. The first-order chi connectivity index (χ1) is 12.8. The maximum atomic E-state index is 12.9. The normalized spacial score (nSPS) is 17.2. The van der Waals surface area contributed by atoms with Gasteiger partial charge in [-0.15, -0.1) is 11.3 Å². The van der Waals surface area contributed by atoms with E-state index in [1.807, 2.05) is 54.6 Å². The summed E-state index contributed by atoms with van der Waals surface area (Å²) in [5, 5.41) is 3.18. The van der Waals surface area contributed by atoms with Crippen LogP contribution in [0.1, 0.15) is 33.3 Å². The van der Waals surface area contributed by atoms with Gasteiger partial charge < -0.3 is 14.8 Å². The molecule has 0 fully saturated rings. The van der Waals surface area contributed by atoms with Crippen LogP contribution < -0.4 is 14.8 Å². The minimum atomic E-state index is -0.0383. The molecule has 0 spiro atoms. The van der Waals surface area contributed by atoms with Gasteiger partial charge >= 0.3 is 0 Å². The topological polar surface area (TPSA) is 47.6 Å². The first-order valence-electron chi connectivity index (χ1n) is 8.67. The highest BCUT2D eigenvalue weighted by Crippen LogP contribution is 2.42. The Morgan fingerprint density at radius 1 is 1.04 bits per heavy atom. The van der Waals surface area contributed by atoms with E-state index in [1.165, 1.54) is 11.3 Å². The second kappa shape index (κ2) is 6.18. The molecule has 0 radical (unpaired) electrons. The molecule has 0 saturated carbocycles. The van der Waals surface area contributed by atoms with Crippen LogP contribution in [0.15, 0.2) is 54.6 Å². The zero-order valence-electron chi connectivity index (χ0n) is 14.0. The van der Waals surface area contributed by atoms with E-state index in [4.69, 9.17) is 9.47 Å². The molecule has 4 nitrogen and oxygen atoms in total. The van der Waals surface area contributed by atoms with Crippen LogP contribution >= 0.6 is 11.3 Å². The summed E-state index contributed by atoms with van der Waals surface area (Å²) in [6.07, 6.45) is 0.778. The third-order valence-electron chi connectivity index (χ3n) is 4.81. The van der Waals surface area contributed by atoms with Crippen molar-refractivity contribution in [2.45, 2.75) is 19.1 Å². The van der Waals surface area contributed by atoms with Crippen LogP contribution in [0, 0.1) is 0 Å². The minimum absolute atomic E-state index is 0.0184. The number of hydrogen-bond acceptors (Lipinski definition) is 4. The zero-order valence-corrected chi connectivity index (χ0v) is 14.8. The van der Waals surface area contributed by atoms with Crippen LogP contribution in [-0.2, 0) is 6.61 Å². The summed E-state index contributed by atoms with van der Waals surface area (Å²) in [5.41, 5.74) is 3.18. The van der Waals surface area contributed by atoms with E-state index < -0.39 is 0 Å². The van der Waals surface area contributed by atoms with Crippen molar-refractivity contribution in [2.24, 2.45) is 0 Å². The summed E-state index contributed by atoms with van der Waals surface area (Å²) in [7, 11) is 0. The van der Waals surface area contributed by atoms with Gasteiger partial charge in [0.15, 0.2) is 0 Å². The lowest BCUT2D eigenvalue weighted by atomic mass is 10.0. The number of hydrogen-bond donors (Lipinski definition) is 1. The van der Waals surface area contributed by atoms with Gasteiger partial charge in [-0.05, 0) is 24.3 Å². The fourth-order valence-electron chi connectivity index (χ4n) is 3.53. The molecule has 1 aromatic heterocycles. The molecule has 3 heterocycles. The third kappa shape index (κ3) is 2.56. The molecule has 0 aliphatic carbocycles. The Labute approximate surface area is 155 Å². The van der Waals surface area contributed by atoms with Crippen LogP contribution in [0.2, 0.25) is 0 Å². The molecule has 2 aliphatic heterocycles. The van der Waals surface area contributed by atoms with Gasteiger partial charge in [-0.2, -0.15) is 0 Å². The first kappa shape index (κ1) is 15.5. The monoisotopic (exact) mass is 363 g/mol. The van der Waals surface area contributed by atoms with Gasteiger partial charge in [-0.3, -0.25) is 4.79 Å². The summed E-state index contributed by atoms with van der Waals surface area (Å²) in [6, 6.07) is 17.8. The van der Waals surface area contributed by atoms with E-state index in [2.05, 4.69) is 5.32 Å². The van der Waals surface area contributed by atoms with Crippen molar-refractivity contribution in [3.63, 3.8) is 0 Å². The van der Waals surface area contributed by atoms with Gasteiger partial charge in [0, 0.05) is 28.0 Å². The quantitative estimate of drug-likeness (QED) is 0.726. The molecule has 3 aromatic rings. The van der Waals surface area contributed by atoms with Gasteiger partial charge in [0.1, 0.15) is 18.1 Å². The molecule has 1 amide bonds. The molecule has 2 aliphatic rings. The number of thiophene rings is 1. The molecule has 2 aromatic carbocycles. The number of benzene rings is 2. The van der Waals surface area contributed by atoms with E-state index in [0.29, 0.717) is 13.2 Å². The average molecular weight is 363 g/mol. The highest BCUT2D eigenvalue weighted by atomic mass is 32.1. The standard InChI is InChI=1S/C21H17NO3S/c23-21(22-16-9-10-24-17-7-3-1-5-14(16)17)19-11-13-12-25-18-8-4-2-6-15(18)20(13)26-19/h1-8,11,16H,9-10,12H2,(H,22,23)/t16-/m0/s1. The number of para-hydroxylation sites is 2. The largest absolute Gasteiger partial charge is 0.493 e. The number of rotatable bonds is 2. The van der Waals surface area contributed by atoms with Crippen LogP contribution in [0.3, 0.4) is 0 Å². The fourth-order valence-corrected chi connectivity index (χ4v) is 4.63. The van der Waals surface area contributed by atoms with Crippen molar-refractivity contribution in [1.29, 1.82) is 0 Å². The third-order valence-corrected chi connectivity index (χ3v) is 6.02. The minimum Gasteiger partial charge on any atom is -0.493 e. The van der Waals surface area contributed by atoms with Gasteiger partial charge in [-0.25, -0.2) is 0 Å². The van der Waals surface area contributed by atoms with Crippen LogP contribution in [0.4, 0.5) is 0 Å². The summed E-state index contributed by atoms with van der Waals surface area (Å²) >= 11 is 1.53. The Morgan fingerprint density at radius 2 is 1.85 bits per heavy atom. The Kier molecular flexibility index (Phi) is 3.68. The lowest BCUT2D eigenvalue weighted by Crippen LogP contribution is -2.31. The molecule has 0 saturated heterocycles. The summed E-state index contributed by atoms with van der Waals surface area (Å²) in [4.78, 5) is 14.7. The van der Waals surface area contributed by atoms with Crippen molar-refractivity contribution < 1.29 is 14.3 Å². The summed E-state index contributed by atoms with van der Waals surface area (Å²) < 4.78 is 11.5. The molecule has 1 atom stereocenters. The molecule has 0 unspecified atom stereocenters. The number of carbonyl (C=O) groups is 1. The number of fused-ring (bicyclic) bond motifs is 4. The number of nitrogens with one attached hydrogen (secondary N) is 1. The van der Waals surface area contributed by atoms with E-state index in [9.17, 15) is 4.79 Å². The Bertz CT molecular complexity index is 994. The van der Waals surface area contributed by atoms with Crippen LogP contribution in [0.5, 0.6) is 11.5 Å². The van der Waals surface area contributed by atoms with Gasteiger partial charge in [-0.1, -0.05) is 30.3 Å². The van der Waals surface area contributed by atoms with Crippen LogP contribution in [0.25, 0.3) is 10.4 Å². The van der Waals surface area contributed by atoms with E-state index >= 15 is 0 Å². The highest BCUT2D eigenvalue weighted by molar-refractivity contribution is 7.17. The number of amides is 1. The molecule has 0 bridgehead atoms. The molecular weight excluding hydrogens is 346 g/mol. The number of carbonyl (C=O) groups excluding carboxylic acids is 1. The van der Waals surface area contributed by atoms with Gasteiger partial charge in [0.05, 0.1) is 17.5 Å². The number of ether oxygens (including phenoxy) is 2. The second-order valence-electron chi connectivity index (χ2n) is 6.45. The SMILES string of the molecule is O=C(N[C@H]1CCOc2ccccc21)c1cc2c(s1)-c1ccccc1OC2. The van der Waals surface area contributed by atoms with Crippen LogP contribution in [-0.4, -0.2) is 12.5 Å². The van der Waals surface area contributed by atoms with E-state index in [-0.39, 0.29) is 11.9 Å². The molecule has 130 valence electrons. The van der Waals surface area contributed by atoms with E-state index in [0.717, 1.165) is 44.4 Å². The lowest BCUT2D eigenvalue weighted by molar-refractivity contribution is 0.0929. The lowest BCUT2D eigenvalue weighted by Gasteiger charge is -2.26. The first-order valence-corrected chi connectivity index (χ1v) is 9.49. The molecule has 1 N–H and O–H groups in total. The molecule has 5 heteroatoms. The van der Waals surface area contributed by atoms with Crippen molar-refractivity contribution in [3.8, 4) is 21.9 Å². The van der Waals surface area contributed by atoms with Crippen molar-refractivity contribution in [2.75, 3.05) is 6.61 Å². The summed E-state index contributed by atoms with van der Waals surface area (Å²) in [6.45, 7) is 1.13. The molecule has 5 rings (SSSR count). The Hall–Kier alpha value is -2.79. The van der Waals surface area contributed by atoms with Crippen molar-refractivity contribution in [1.82, 2.24) is 5.32 Å². The average Bonchev–Trinajstić information content (AvgIpc) is 3.13. The highest BCUT2D eigenvalue weighted by Gasteiger charge is 2.26. The predicted octanol–water partition coefficient (Wildman–Crippen LogP) is 4.56. The summed E-state index contributed by atoms with van der Waals surface area (Å²) in [5.74, 6) is 1.70. The smallest absolute Gasteiger partial charge is 0.261 e. The second-order valence-corrected chi connectivity index (χ2v) is 7.50. The maximum Gasteiger partial charge on any atom is 0.261 e. The van der Waals surface area contributed by atoms with Crippen molar-refractivity contribution in [3.05, 3.63) is 70.6 Å². The van der Waals surface area contributed by atoms with E-state index in [1.54, 1.807) is 0 Å². The van der Waals surface area contributed by atoms with Crippen molar-refractivity contribution >= 4 is 17.2 Å². The molecular formula is C21H17NO3S. The van der Waals surface area contributed by atoms with Gasteiger partial charge in [0.25, 0.3) is 5.91 Å². The van der Waals surface area contributed by atoms with Gasteiger partial charge in [0.2, 0.25) is 0 Å². The Morgan fingerprint density at radius 3 is 2.77 bits per heavy atom. The molecule has 26 heavy (non-hydrogen) atoms. The Balaban J connectivity index is 1.43. The zero-order chi connectivity index (χ0) is 17.5. The maximum absolute atomic E-state index is 12.9.